The Hall–Kier alpha value is -2.37. The van der Waals surface area contributed by atoms with Gasteiger partial charge >= 0.3 is 5.97 Å². The Morgan fingerprint density at radius 3 is 2.94 bits per heavy atom. The van der Waals surface area contributed by atoms with E-state index in [2.05, 4.69) is 4.98 Å². The number of carboxylic acid groups (broad SMARTS) is 1. The van der Waals surface area contributed by atoms with Gasteiger partial charge in [-0.3, -0.25) is 14.2 Å². The highest BCUT2D eigenvalue weighted by molar-refractivity contribution is 5.67. The smallest absolute Gasteiger partial charge is 0.323 e. The predicted octanol–water partition coefficient (Wildman–Crippen LogP) is 0.896. The minimum atomic E-state index is -1.08. The van der Waals surface area contributed by atoms with Crippen LogP contribution in [0.1, 0.15) is 5.69 Å². The number of aliphatic carboxylic acids is 1. The van der Waals surface area contributed by atoms with E-state index in [4.69, 9.17) is 9.52 Å². The number of furan rings is 1. The molecule has 0 spiro atoms. The van der Waals surface area contributed by atoms with Crippen LogP contribution in [0.5, 0.6) is 0 Å². The van der Waals surface area contributed by atoms with Crippen molar-refractivity contribution in [2.24, 2.45) is 0 Å². The molecule has 0 saturated carbocycles. The van der Waals surface area contributed by atoms with Gasteiger partial charge in [-0.2, -0.15) is 0 Å². The van der Waals surface area contributed by atoms with Crippen LogP contribution in [0, 0.1) is 6.92 Å². The number of carboxylic acids is 1. The highest BCUT2D eigenvalue weighted by Gasteiger charge is 2.13. The van der Waals surface area contributed by atoms with E-state index in [-0.39, 0.29) is 6.54 Å². The number of hydrogen-bond donors (Lipinski definition) is 1. The van der Waals surface area contributed by atoms with Crippen LogP contribution in [-0.4, -0.2) is 20.6 Å². The second kappa shape index (κ2) is 4.25. The zero-order valence-electron chi connectivity index (χ0n) is 9.08. The van der Waals surface area contributed by atoms with Crippen molar-refractivity contribution in [1.82, 2.24) is 9.55 Å². The van der Waals surface area contributed by atoms with E-state index in [0.29, 0.717) is 17.1 Å². The molecule has 2 rings (SSSR count). The molecule has 2 aromatic heterocycles. The van der Waals surface area contributed by atoms with Gasteiger partial charge in [0.1, 0.15) is 12.2 Å². The lowest BCUT2D eigenvalue weighted by molar-refractivity contribution is -0.137. The van der Waals surface area contributed by atoms with Crippen molar-refractivity contribution in [3.8, 4) is 11.5 Å². The fraction of sp³-hybridized carbons (Fsp3) is 0.182. The molecule has 0 bridgehead atoms. The van der Waals surface area contributed by atoms with Gasteiger partial charge in [-0.25, -0.2) is 4.98 Å². The van der Waals surface area contributed by atoms with E-state index in [0.717, 1.165) is 10.8 Å². The second-order valence-corrected chi connectivity index (χ2v) is 3.49. The number of rotatable bonds is 3. The van der Waals surface area contributed by atoms with Crippen molar-refractivity contribution in [2.45, 2.75) is 13.5 Å². The van der Waals surface area contributed by atoms with E-state index in [1.54, 1.807) is 19.1 Å². The van der Waals surface area contributed by atoms with Gasteiger partial charge in [0.15, 0.2) is 5.76 Å². The van der Waals surface area contributed by atoms with Gasteiger partial charge in [0.25, 0.3) is 5.56 Å². The van der Waals surface area contributed by atoms with Crippen molar-refractivity contribution < 1.29 is 14.3 Å². The first-order valence-corrected chi connectivity index (χ1v) is 4.91. The molecule has 1 N–H and O–H groups in total. The Balaban J connectivity index is 2.57. The van der Waals surface area contributed by atoms with Crippen molar-refractivity contribution in [2.75, 3.05) is 0 Å². The van der Waals surface area contributed by atoms with Crippen LogP contribution in [0.25, 0.3) is 11.5 Å². The molecular formula is C11H10N2O4. The highest BCUT2D eigenvalue weighted by atomic mass is 16.4. The minimum absolute atomic E-state index is 0.388. The normalized spacial score (nSPS) is 10.4. The molecule has 2 heterocycles. The van der Waals surface area contributed by atoms with Crippen molar-refractivity contribution in [3.63, 3.8) is 0 Å². The summed E-state index contributed by atoms with van der Waals surface area (Å²) in [6.07, 6.45) is 2.58. The van der Waals surface area contributed by atoms with Gasteiger partial charge in [0.05, 0.1) is 12.5 Å². The summed E-state index contributed by atoms with van der Waals surface area (Å²) < 4.78 is 6.32. The molecule has 17 heavy (non-hydrogen) atoms. The molecule has 0 aliphatic carbocycles. The van der Waals surface area contributed by atoms with Gasteiger partial charge in [0, 0.05) is 5.69 Å². The largest absolute Gasteiger partial charge is 0.480 e. The molecule has 0 amide bonds. The second-order valence-electron chi connectivity index (χ2n) is 3.49. The average Bonchev–Trinajstić information content (AvgIpc) is 2.77. The lowest BCUT2D eigenvalue weighted by Gasteiger charge is -2.09. The predicted molar refractivity (Wildman–Crippen MR) is 58.6 cm³/mol. The summed E-state index contributed by atoms with van der Waals surface area (Å²) in [7, 11) is 0. The van der Waals surface area contributed by atoms with Crippen LogP contribution in [0.3, 0.4) is 0 Å². The summed E-state index contributed by atoms with van der Waals surface area (Å²) in [4.78, 5) is 26.1. The first kappa shape index (κ1) is 11.1. The van der Waals surface area contributed by atoms with Crippen LogP contribution in [0.15, 0.2) is 33.8 Å². The minimum Gasteiger partial charge on any atom is -0.480 e. The van der Waals surface area contributed by atoms with E-state index in [9.17, 15) is 9.59 Å². The molecular weight excluding hydrogens is 224 g/mol. The maximum atomic E-state index is 11.5. The van der Waals surface area contributed by atoms with Gasteiger partial charge in [-0.15, -0.1) is 0 Å². The maximum absolute atomic E-state index is 11.5. The van der Waals surface area contributed by atoms with Crippen LogP contribution in [0.2, 0.25) is 0 Å². The molecule has 6 nitrogen and oxygen atoms in total. The number of nitrogens with zero attached hydrogens (tertiary/aromatic N) is 2. The topological polar surface area (TPSA) is 85.3 Å². The summed E-state index contributed by atoms with van der Waals surface area (Å²) in [5.41, 5.74) is 0.492. The van der Waals surface area contributed by atoms with Crippen LogP contribution in [0.4, 0.5) is 0 Å². The summed E-state index contributed by atoms with van der Waals surface area (Å²) in [6.45, 7) is 1.25. The molecule has 0 aliphatic rings. The molecule has 0 radical (unpaired) electrons. The zero-order chi connectivity index (χ0) is 12.4. The lowest BCUT2D eigenvalue weighted by atomic mass is 10.2. The number of hydrogen-bond acceptors (Lipinski definition) is 4. The number of carbonyl (C=O) groups is 1. The summed E-state index contributed by atoms with van der Waals surface area (Å²) in [6, 6.07) is 3.40. The van der Waals surface area contributed by atoms with Gasteiger partial charge in [-0.1, -0.05) is 0 Å². The maximum Gasteiger partial charge on any atom is 0.323 e. The third kappa shape index (κ3) is 2.10. The summed E-state index contributed by atoms with van der Waals surface area (Å²) in [5.74, 6) is -0.576. The third-order valence-corrected chi connectivity index (χ3v) is 2.37. The average molecular weight is 234 g/mol. The summed E-state index contributed by atoms with van der Waals surface area (Å²) in [5, 5.41) is 8.73. The molecule has 0 unspecified atom stereocenters. The highest BCUT2D eigenvalue weighted by Crippen LogP contribution is 2.19. The Morgan fingerprint density at radius 1 is 1.59 bits per heavy atom. The molecule has 0 atom stereocenters. The van der Waals surface area contributed by atoms with E-state index in [1.807, 2.05) is 0 Å². The Kier molecular flexibility index (Phi) is 2.78. The van der Waals surface area contributed by atoms with Crippen LogP contribution < -0.4 is 5.56 Å². The molecule has 88 valence electrons. The van der Waals surface area contributed by atoms with Crippen molar-refractivity contribution in [3.05, 3.63) is 40.6 Å². The summed E-state index contributed by atoms with van der Waals surface area (Å²) >= 11 is 0. The lowest BCUT2D eigenvalue weighted by Crippen LogP contribution is -2.26. The van der Waals surface area contributed by atoms with Gasteiger partial charge in [-0.05, 0) is 19.1 Å². The molecule has 2 aromatic rings. The number of aromatic nitrogens is 2. The fourth-order valence-corrected chi connectivity index (χ4v) is 1.56. The molecule has 0 aliphatic heterocycles. The first-order valence-electron chi connectivity index (χ1n) is 4.91. The molecule has 6 heteroatoms. The van der Waals surface area contributed by atoms with Crippen molar-refractivity contribution >= 4 is 5.97 Å². The Labute approximate surface area is 96.1 Å². The van der Waals surface area contributed by atoms with Crippen molar-refractivity contribution in [1.29, 1.82) is 0 Å². The van der Waals surface area contributed by atoms with E-state index in [1.165, 1.54) is 6.26 Å². The third-order valence-electron chi connectivity index (χ3n) is 2.37. The van der Waals surface area contributed by atoms with E-state index >= 15 is 0 Å². The van der Waals surface area contributed by atoms with Gasteiger partial charge < -0.3 is 9.52 Å². The zero-order valence-corrected chi connectivity index (χ0v) is 9.08. The van der Waals surface area contributed by atoms with Crippen LogP contribution in [-0.2, 0) is 11.3 Å². The van der Waals surface area contributed by atoms with E-state index < -0.39 is 11.5 Å². The Bertz CT molecular complexity index is 598. The van der Waals surface area contributed by atoms with Crippen LogP contribution >= 0.6 is 0 Å². The first-order chi connectivity index (χ1) is 8.09. The monoisotopic (exact) mass is 234 g/mol. The standard InChI is InChI=1S/C11H10N2O4/c1-7-11(8-3-2-4-17-8)12-5-9(14)13(7)6-10(15)16/h2-5H,6H2,1H3,(H,15,16). The quantitative estimate of drug-likeness (QED) is 0.852. The SMILES string of the molecule is Cc1c(-c2ccco2)ncc(=O)n1CC(=O)O. The molecule has 0 fully saturated rings. The Morgan fingerprint density at radius 2 is 2.35 bits per heavy atom. The fourth-order valence-electron chi connectivity index (χ4n) is 1.56. The van der Waals surface area contributed by atoms with Gasteiger partial charge in [0.2, 0.25) is 0 Å². The molecule has 0 aromatic carbocycles. The molecule has 0 saturated heterocycles.